The van der Waals surface area contributed by atoms with E-state index < -0.39 is 0 Å². The molecule has 0 saturated carbocycles. The van der Waals surface area contributed by atoms with Crippen molar-refractivity contribution in [2.75, 3.05) is 11.9 Å². The van der Waals surface area contributed by atoms with Crippen LogP contribution in [0.4, 0.5) is 16.1 Å². The van der Waals surface area contributed by atoms with Gasteiger partial charge in [0.05, 0.1) is 10.5 Å². The zero-order chi connectivity index (χ0) is 15.4. The predicted octanol–water partition coefficient (Wildman–Crippen LogP) is 4.08. The van der Waals surface area contributed by atoms with Crippen molar-refractivity contribution in [2.45, 2.75) is 33.2 Å². The lowest BCUT2D eigenvalue weighted by Crippen LogP contribution is -2.19. The second kappa shape index (κ2) is 7.00. The maximum atomic E-state index is 13.4. The van der Waals surface area contributed by atoms with Crippen molar-refractivity contribution in [2.24, 2.45) is 0 Å². The first kappa shape index (κ1) is 15.9. The Hall–Kier alpha value is -1.47. The van der Waals surface area contributed by atoms with Crippen molar-refractivity contribution in [3.63, 3.8) is 0 Å². The monoisotopic (exact) mass is 356 g/mol. The first-order valence-electron chi connectivity index (χ1n) is 6.80. The van der Waals surface area contributed by atoms with E-state index in [0.717, 1.165) is 18.5 Å². The van der Waals surface area contributed by atoms with E-state index in [2.05, 4.69) is 43.7 Å². The van der Waals surface area contributed by atoms with Crippen LogP contribution in [0.1, 0.15) is 37.8 Å². The Balaban J connectivity index is 2.11. The topological polar surface area (TPSA) is 63.0 Å². The summed E-state index contributed by atoms with van der Waals surface area (Å²) in [6.07, 6.45) is 1.03. The molecule has 1 aromatic carbocycles. The van der Waals surface area contributed by atoms with Gasteiger partial charge >= 0.3 is 6.01 Å². The Morgan fingerprint density at radius 3 is 2.86 bits per heavy atom. The van der Waals surface area contributed by atoms with E-state index in [0.29, 0.717) is 16.1 Å². The number of anilines is 2. The van der Waals surface area contributed by atoms with E-state index >= 15 is 0 Å². The zero-order valence-electron chi connectivity index (χ0n) is 12.2. The lowest BCUT2D eigenvalue weighted by molar-refractivity contribution is 0.424. The highest BCUT2D eigenvalue weighted by atomic mass is 79.9. The molecule has 1 atom stereocenters. The van der Waals surface area contributed by atoms with E-state index in [1.54, 1.807) is 13.0 Å². The van der Waals surface area contributed by atoms with Crippen molar-refractivity contribution in [3.05, 3.63) is 33.9 Å². The number of hydrogen-bond acceptors (Lipinski definition) is 5. The summed E-state index contributed by atoms with van der Waals surface area (Å²) in [7, 11) is 0. The van der Waals surface area contributed by atoms with Gasteiger partial charge in [0.15, 0.2) is 0 Å². The van der Waals surface area contributed by atoms with Gasteiger partial charge in [-0.15, -0.1) is 5.10 Å². The molecule has 21 heavy (non-hydrogen) atoms. The van der Waals surface area contributed by atoms with Gasteiger partial charge in [0.2, 0.25) is 5.89 Å². The molecule has 1 unspecified atom stereocenters. The van der Waals surface area contributed by atoms with Crippen LogP contribution in [0.25, 0.3) is 0 Å². The number of nitrogens with one attached hydrogen (secondary N) is 2. The fourth-order valence-corrected chi connectivity index (χ4v) is 2.15. The molecule has 0 amide bonds. The fraction of sp³-hybridized carbons (Fsp3) is 0.429. The molecule has 0 spiro atoms. The third kappa shape index (κ3) is 4.01. The summed E-state index contributed by atoms with van der Waals surface area (Å²) in [6.45, 7) is 6.75. The van der Waals surface area contributed by atoms with Crippen LogP contribution in [-0.2, 0) is 0 Å². The van der Waals surface area contributed by atoms with Crippen LogP contribution < -0.4 is 10.6 Å². The number of benzene rings is 1. The molecule has 1 heterocycles. The molecule has 114 valence electrons. The van der Waals surface area contributed by atoms with Crippen molar-refractivity contribution in [1.29, 1.82) is 0 Å². The Morgan fingerprint density at radius 1 is 1.38 bits per heavy atom. The Morgan fingerprint density at radius 2 is 2.14 bits per heavy atom. The molecule has 2 N–H and O–H groups in total. The van der Waals surface area contributed by atoms with E-state index in [1.807, 2.05) is 6.92 Å². The van der Waals surface area contributed by atoms with Crippen LogP contribution in [-0.4, -0.2) is 16.7 Å². The highest BCUT2D eigenvalue weighted by Gasteiger charge is 2.14. The van der Waals surface area contributed by atoms with Crippen molar-refractivity contribution in [3.8, 4) is 0 Å². The lowest BCUT2D eigenvalue weighted by Gasteiger charge is -2.08. The molecule has 0 saturated heterocycles. The Labute approximate surface area is 131 Å². The average molecular weight is 357 g/mol. The minimum Gasteiger partial charge on any atom is -0.406 e. The van der Waals surface area contributed by atoms with Gasteiger partial charge < -0.3 is 15.1 Å². The van der Waals surface area contributed by atoms with Gasteiger partial charge in [-0.2, -0.15) is 0 Å². The number of aromatic nitrogens is 2. The highest BCUT2D eigenvalue weighted by Crippen LogP contribution is 2.27. The fourth-order valence-electron chi connectivity index (χ4n) is 1.80. The SMILES string of the molecule is CCCNC(C)c1nnc(Nc2cc(Br)c(F)cc2C)o1. The van der Waals surface area contributed by atoms with E-state index in [9.17, 15) is 4.39 Å². The molecule has 0 aliphatic carbocycles. The van der Waals surface area contributed by atoms with Gasteiger partial charge in [0.1, 0.15) is 5.82 Å². The Kier molecular flexibility index (Phi) is 5.30. The van der Waals surface area contributed by atoms with Crippen molar-refractivity contribution >= 4 is 27.6 Å². The van der Waals surface area contributed by atoms with Crippen LogP contribution in [0, 0.1) is 12.7 Å². The third-order valence-corrected chi connectivity index (χ3v) is 3.63. The molecule has 0 aliphatic heterocycles. The van der Waals surface area contributed by atoms with Crippen molar-refractivity contribution < 1.29 is 8.81 Å². The number of halogens is 2. The molecule has 0 fully saturated rings. The molecule has 2 rings (SSSR count). The highest BCUT2D eigenvalue weighted by molar-refractivity contribution is 9.10. The largest absolute Gasteiger partial charge is 0.406 e. The number of aryl methyl sites for hydroxylation is 1. The van der Waals surface area contributed by atoms with E-state index in [4.69, 9.17) is 4.42 Å². The minimum absolute atomic E-state index is 0.00551. The number of rotatable bonds is 6. The summed E-state index contributed by atoms with van der Waals surface area (Å²) in [5.74, 6) is 0.214. The second-order valence-corrected chi connectivity index (χ2v) is 5.68. The summed E-state index contributed by atoms with van der Waals surface area (Å²) in [5.41, 5.74) is 1.47. The normalized spacial score (nSPS) is 12.4. The molecule has 0 aliphatic rings. The standard InChI is InChI=1S/C14H18BrFN4O/c1-4-5-17-9(3)13-19-20-14(21-13)18-12-7-10(15)11(16)6-8(12)2/h6-7,9,17H,4-5H2,1-3H3,(H,18,20). The zero-order valence-corrected chi connectivity index (χ0v) is 13.8. The van der Waals surface area contributed by atoms with Crippen LogP contribution >= 0.6 is 15.9 Å². The molecule has 1 aromatic heterocycles. The second-order valence-electron chi connectivity index (χ2n) is 4.83. The summed E-state index contributed by atoms with van der Waals surface area (Å²) in [4.78, 5) is 0. The number of nitrogens with zero attached hydrogens (tertiary/aromatic N) is 2. The molecule has 0 bridgehead atoms. The maximum absolute atomic E-state index is 13.4. The van der Waals surface area contributed by atoms with Gasteiger partial charge in [-0.25, -0.2) is 4.39 Å². The lowest BCUT2D eigenvalue weighted by atomic mass is 10.2. The number of hydrogen-bond donors (Lipinski definition) is 2. The van der Waals surface area contributed by atoms with Crippen LogP contribution in [0.2, 0.25) is 0 Å². The van der Waals surface area contributed by atoms with Gasteiger partial charge in [-0.3, -0.25) is 0 Å². The summed E-state index contributed by atoms with van der Waals surface area (Å²) >= 11 is 3.16. The molecule has 7 heteroatoms. The van der Waals surface area contributed by atoms with E-state index in [-0.39, 0.29) is 17.9 Å². The minimum atomic E-state index is -0.304. The van der Waals surface area contributed by atoms with Crippen LogP contribution in [0.15, 0.2) is 21.0 Å². The van der Waals surface area contributed by atoms with Gasteiger partial charge in [0.25, 0.3) is 0 Å². The molecule has 0 radical (unpaired) electrons. The van der Waals surface area contributed by atoms with E-state index in [1.165, 1.54) is 6.07 Å². The molecular formula is C14H18BrFN4O. The first-order valence-corrected chi connectivity index (χ1v) is 7.60. The Bertz CT molecular complexity index is 617. The third-order valence-electron chi connectivity index (χ3n) is 3.02. The van der Waals surface area contributed by atoms with Crippen LogP contribution in [0.3, 0.4) is 0 Å². The summed E-state index contributed by atoms with van der Waals surface area (Å²) in [5, 5.41) is 14.2. The molecular weight excluding hydrogens is 339 g/mol. The molecule has 5 nitrogen and oxygen atoms in total. The summed E-state index contributed by atoms with van der Waals surface area (Å²) < 4.78 is 19.3. The van der Waals surface area contributed by atoms with Gasteiger partial charge in [-0.05, 0) is 60.4 Å². The maximum Gasteiger partial charge on any atom is 0.320 e. The van der Waals surface area contributed by atoms with Gasteiger partial charge in [-0.1, -0.05) is 12.0 Å². The first-order chi connectivity index (χ1) is 10.0. The van der Waals surface area contributed by atoms with Crippen molar-refractivity contribution in [1.82, 2.24) is 15.5 Å². The quantitative estimate of drug-likeness (QED) is 0.816. The predicted molar refractivity (Wildman–Crippen MR) is 83.1 cm³/mol. The molecule has 2 aromatic rings. The van der Waals surface area contributed by atoms with Gasteiger partial charge in [0, 0.05) is 5.69 Å². The summed E-state index contributed by atoms with van der Waals surface area (Å²) in [6, 6.07) is 3.37. The average Bonchev–Trinajstić information content (AvgIpc) is 2.91. The van der Waals surface area contributed by atoms with Crippen LogP contribution in [0.5, 0.6) is 0 Å². The smallest absolute Gasteiger partial charge is 0.320 e.